The summed E-state index contributed by atoms with van der Waals surface area (Å²) in [5, 5.41) is 0. The van der Waals surface area contributed by atoms with Crippen molar-refractivity contribution in [3.05, 3.63) is 94.0 Å². The maximum atomic E-state index is 14.2. The van der Waals surface area contributed by atoms with Crippen molar-refractivity contribution in [3.63, 3.8) is 0 Å². The van der Waals surface area contributed by atoms with Crippen LogP contribution in [0.3, 0.4) is 0 Å². The quantitative estimate of drug-likeness (QED) is 0.130. The molecular weight excluding hydrogens is 778 g/mol. The lowest BCUT2D eigenvalue weighted by Crippen LogP contribution is -2.47. The lowest BCUT2D eigenvalue weighted by molar-refractivity contribution is -0.953. The number of rotatable bonds is 8. The molecule has 0 radical (unpaired) electrons. The summed E-state index contributed by atoms with van der Waals surface area (Å²) in [5.74, 6) is 0.404. The van der Waals surface area contributed by atoms with Crippen molar-refractivity contribution >= 4 is 0 Å². The third-order valence-corrected chi connectivity index (χ3v) is 10.6. The number of alkyl halides is 12. The van der Waals surface area contributed by atoms with Crippen molar-refractivity contribution in [2.75, 3.05) is 26.3 Å². The van der Waals surface area contributed by atoms with Crippen LogP contribution in [-0.4, -0.2) is 30.8 Å². The van der Waals surface area contributed by atoms with Gasteiger partial charge in [-0.1, -0.05) is 38.8 Å². The molecule has 0 unspecified atom stereocenters. The molecule has 3 nitrogen and oxygen atoms in total. The van der Waals surface area contributed by atoms with E-state index in [0.717, 1.165) is 0 Å². The molecule has 0 atom stereocenters. The highest BCUT2D eigenvalue weighted by molar-refractivity contribution is 5.91. The average Bonchev–Trinajstić information content (AvgIpc) is 3.28. The van der Waals surface area contributed by atoms with Crippen molar-refractivity contribution in [2.45, 2.75) is 90.2 Å². The van der Waals surface area contributed by atoms with Gasteiger partial charge in [0, 0.05) is 22.3 Å². The summed E-state index contributed by atoms with van der Waals surface area (Å²) in [4.78, 5) is 0. The number of quaternary nitrogens is 1. The Morgan fingerprint density at radius 2 is 0.825 bits per heavy atom. The molecule has 0 bridgehead atoms. The molecule has 57 heavy (non-hydrogen) atoms. The number of halogens is 12. The summed E-state index contributed by atoms with van der Waals surface area (Å²) in [6.45, 7) is 5.11. The van der Waals surface area contributed by atoms with Gasteiger partial charge in [-0.2, -0.15) is 52.7 Å². The van der Waals surface area contributed by atoms with Gasteiger partial charge in [0.1, 0.15) is 24.6 Å². The molecule has 2 aliphatic rings. The Balaban J connectivity index is 1.78. The van der Waals surface area contributed by atoms with Crippen LogP contribution >= 0.6 is 0 Å². The zero-order valence-corrected chi connectivity index (χ0v) is 31.1. The Bertz CT molecular complexity index is 1880. The molecule has 0 amide bonds. The van der Waals surface area contributed by atoms with E-state index in [-0.39, 0.29) is 87.8 Å². The van der Waals surface area contributed by atoms with E-state index in [1.54, 1.807) is 0 Å². The van der Waals surface area contributed by atoms with E-state index in [1.807, 2.05) is 13.8 Å². The van der Waals surface area contributed by atoms with Crippen LogP contribution in [0.5, 0.6) is 11.5 Å². The van der Waals surface area contributed by atoms with E-state index in [9.17, 15) is 52.7 Å². The summed E-state index contributed by atoms with van der Waals surface area (Å²) in [6, 6.07) is 8.43. The summed E-state index contributed by atoms with van der Waals surface area (Å²) in [6.07, 6.45) is -17.0. The highest BCUT2D eigenvalue weighted by atomic mass is 19.4. The minimum Gasteiger partial charge on any atom is -0.493 e. The molecule has 2 heterocycles. The van der Waals surface area contributed by atoms with Gasteiger partial charge in [-0.05, 0) is 96.5 Å². The number of benzene rings is 4. The average molecular weight is 819 g/mol. The fourth-order valence-corrected chi connectivity index (χ4v) is 7.84. The van der Waals surface area contributed by atoms with Gasteiger partial charge < -0.3 is 14.0 Å². The number of unbranched alkanes of at least 4 members (excludes halogenated alkanes) is 2. The number of hydrogen-bond donors (Lipinski definition) is 0. The maximum absolute atomic E-state index is 14.2. The second-order valence-corrected chi connectivity index (χ2v) is 14.7. The monoisotopic (exact) mass is 818 g/mol. The van der Waals surface area contributed by atoms with Gasteiger partial charge in [0.15, 0.2) is 0 Å². The van der Waals surface area contributed by atoms with Crippen LogP contribution in [0.25, 0.3) is 33.4 Å². The SMILES string of the molecule is CCCC[N+]1(CCCC)Cc2c(-c3cc(C(F)(F)F)cc(C(F)(F)F)c3)ccc3c2-c2c(ccc(-c4cc(C(F)(F)F)cc(C(F)(F)F)c4)c2C1)OCCCCO3. The van der Waals surface area contributed by atoms with Crippen LogP contribution < -0.4 is 9.47 Å². The van der Waals surface area contributed by atoms with Gasteiger partial charge in [0.2, 0.25) is 0 Å². The molecule has 0 aromatic heterocycles. The highest BCUT2D eigenvalue weighted by Gasteiger charge is 2.42. The second kappa shape index (κ2) is 15.7. The van der Waals surface area contributed by atoms with Crippen LogP contribution in [0.1, 0.15) is 85.8 Å². The molecule has 2 aliphatic heterocycles. The molecule has 4 aromatic rings. The van der Waals surface area contributed by atoms with Crippen molar-refractivity contribution in [1.29, 1.82) is 0 Å². The Hall–Kier alpha value is -4.40. The first-order valence-corrected chi connectivity index (χ1v) is 18.7. The summed E-state index contributed by atoms with van der Waals surface area (Å²) in [7, 11) is 0. The molecule has 0 aliphatic carbocycles. The van der Waals surface area contributed by atoms with E-state index in [1.165, 1.54) is 24.3 Å². The molecule has 308 valence electrons. The smallest absolute Gasteiger partial charge is 0.416 e. The molecule has 0 fully saturated rings. The zero-order chi connectivity index (χ0) is 41.6. The normalized spacial score (nSPS) is 16.0. The Kier molecular flexibility index (Phi) is 11.7. The molecule has 0 N–H and O–H groups in total. The molecule has 4 aromatic carbocycles. The summed E-state index contributed by atoms with van der Waals surface area (Å²) >= 11 is 0. The lowest BCUT2D eigenvalue weighted by atomic mass is 9.85. The van der Waals surface area contributed by atoms with Crippen molar-refractivity contribution in [2.24, 2.45) is 0 Å². The lowest BCUT2D eigenvalue weighted by Gasteiger charge is -2.39. The first-order valence-electron chi connectivity index (χ1n) is 18.7. The number of ether oxygens (including phenoxy) is 2. The molecule has 0 spiro atoms. The van der Waals surface area contributed by atoms with Crippen LogP contribution in [0.15, 0.2) is 60.7 Å². The number of hydrogen-bond acceptors (Lipinski definition) is 2. The van der Waals surface area contributed by atoms with Crippen molar-refractivity contribution in [3.8, 4) is 44.9 Å². The number of nitrogens with zero attached hydrogens (tertiary/aromatic N) is 1. The van der Waals surface area contributed by atoms with Gasteiger partial charge in [-0.15, -0.1) is 0 Å². The van der Waals surface area contributed by atoms with Crippen LogP contribution in [0, 0.1) is 0 Å². The Morgan fingerprint density at radius 1 is 0.491 bits per heavy atom. The molecular formula is C42H40F12NO2+. The van der Waals surface area contributed by atoms with Crippen LogP contribution in [-0.2, 0) is 37.8 Å². The Labute approximate surface area is 321 Å². The third kappa shape index (κ3) is 9.02. The van der Waals surface area contributed by atoms with E-state index in [2.05, 4.69) is 0 Å². The zero-order valence-electron chi connectivity index (χ0n) is 31.1. The van der Waals surface area contributed by atoms with Gasteiger partial charge in [-0.25, -0.2) is 0 Å². The van der Waals surface area contributed by atoms with Gasteiger partial charge >= 0.3 is 24.7 Å². The predicted octanol–water partition coefficient (Wildman–Crippen LogP) is 13.7. The predicted molar refractivity (Wildman–Crippen MR) is 190 cm³/mol. The van der Waals surface area contributed by atoms with E-state index >= 15 is 0 Å². The molecule has 0 saturated carbocycles. The minimum atomic E-state index is -5.14. The Morgan fingerprint density at radius 3 is 1.12 bits per heavy atom. The molecule has 0 saturated heterocycles. The fourth-order valence-electron chi connectivity index (χ4n) is 7.84. The third-order valence-electron chi connectivity index (χ3n) is 10.6. The van der Waals surface area contributed by atoms with Gasteiger partial charge in [0.25, 0.3) is 0 Å². The van der Waals surface area contributed by atoms with E-state index < -0.39 is 47.0 Å². The molecule has 15 heteroatoms. The second-order valence-electron chi connectivity index (χ2n) is 14.7. The van der Waals surface area contributed by atoms with Crippen molar-refractivity contribution < 1.29 is 66.6 Å². The summed E-state index contributed by atoms with van der Waals surface area (Å²) < 4.78 is 183. The topological polar surface area (TPSA) is 18.5 Å². The van der Waals surface area contributed by atoms with Crippen molar-refractivity contribution in [1.82, 2.24) is 0 Å². The van der Waals surface area contributed by atoms with Gasteiger partial charge in [0.05, 0.1) is 48.6 Å². The summed E-state index contributed by atoms with van der Waals surface area (Å²) in [5.41, 5.74) is -5.55. The first-order chi connectivity index (χ1) is 26.6. The minimum absolute atomic E-state index is 0.0451. The van der Waals surface area contributed by atoms with Gasteiger partial charge in [-0.3, -0.25) is 0 Å². The maximum Gasteiger partial charge on any atom is 0.416 e. The van der Waals surface area contributed by atoms with E-state index in [0.29, 0.717) is 87.0 Å². The molecule has 6 rings (SSSR count). The standard InChI is InChI=1S/C42H40F12NO2/c1-3-5-13-55(14-6-4-2)23-33-31(25-17-27(39(43,44)45)21-28(18-25)40(46,47)48)9-11-35-37(33)38-34(24-55)32(10-12-36(38)57-16-8-7-15-56-35)26-19-29(41(49,50)51)22-30(20-26)42(52,53)54/h9-12,17-22H,3-8,13-16,23-24H2,1-2H3/q+1. The largest absolute Gasteiger partial charge is 0.493 e. The van der Waals surface area contributed by atoms with Crippen LogP contribution in [0.4, 0.5) is 52.7 Å². The first kappa shape index (κ1) is 42.2. The highest BCUT2D eigenvalue weighted by Crippen LogP contribution is 2.53. The fraction of sp³-hybridized carbons (Fsp3) is 0.429. The van der Waals surface area contributed by atoms with E-state index in [4.69, 9.17) is 9.47 Å². The van der Waals surface area contributed by atoms with Crippen LogP contribution in [0.2, 0.25) is 0 Å².